The number of piperazine rings is 1. The first-order valence-corrected chi connectivity index (χ1v) is 8.71. The minimum atomic E-state index is 0.683. The summed E-state index contributed by atoms with van der Waals surface area (Å²) < 4.78 is 5.13. The lowest BCUT2D eigenvalue weighted by atomic mass is 9.89. The molecule has 0 bridgehead atoms. The van der Waals surface area contributed by atoms with Gasteiger partial charge in [-0.25, -0.2) is 9.97 Å². The van der Waals surface area contributed by atoms with Crippen molar-refractivity contribution in [2.45, 2.75) is 25.8 Å². The summed E-state index contributed by atoms with van der Waals surface area (Å²) >= 11 is 0. The van der Waals surface area contributed by atoms with E-state index >= 15 is 0 Å². The Labute approximate surface area is 139 Å². The van der Waals surface area contributed by atoms with E-state index in [0.29, 0.717) is 11.8 Å². The van der Waals surface area contributed by atoms with Crippen LogP contribution in [0, 0.1) is 5.92 Å². The van der Waals surface area contributed by atoms with Gasteiger partial charge in [0.15, 0.2) is 5.75 Å². The number of nitrogens with zero attached hydrogens (tertiary/aromatic N) is 5. The van der Waals surface area contributed by atoms with Gasteiger partial charge in [-0.2, -0.15) is 0 Å². The molecule has 2 aliphatic heterocycles. The molecule has 1 unspecified atom stereocenters. The lowest BCUT2D eigenvalue weighted by molar-refractivity contribution is 0.0813. The van der Waals surface area contributed by atoms with Gasteiger partial charge in [0.25, 0.3) is 0 Å². The van der Waals surface area contributed by atoms with Crippen molar-refractivity contribution in [1.82, 2.24) is 19.8 Å². The zero-order valence-electron chi connectivity index (χ0n) is 14.6. The zero-order chi connectivity index (χ0) is 16.2. The van der Waals surface area contributed by atoms with Crippen LogP contribution in [-0.2, 0) is 0 Å². The molecule has 1 aromatic rings. The third-order valence-electron chi connectivity index (χ3n) is 5.47. The van der Waals surface area contributed by atoms with Crippen LogP contribution in [0.5, 0.6) is 5.75 Å². The molecule has 2 saturated heterocycles. The molecule has 0 amide bonds. The van der Waals surface area contributed by atoms with E-state index in [0.717, 1.165) is 25.0 Å². The maximum absolute atomic E-state index is 5.13. The summed E-state index contributed by atoms with van der Waals surface area (Å²) in [5.41, 5.74) is 0. The summed E-state index contributed by atoms with van der Waals surface area (Å²) in [6.07, 6.45) is 5.95. The van der Waals surface area contributed by atoms with Crippen molar-refractivity contribution in [3.8, 4) is 5.75 Å². The van der Waals surface area contributed by atoms with Gasteiger partial charge in [0, 0.05) is 45.3 Å². The van der Waals surface area contributed by atoms with Crippen molar-refractivity contribution >= 4 is 5.95 Å². The summed E-state index contributed by atoms with van der Waals surface area (Å²) in [4.78, 5) is 16.2. The minimum absolute atomic E-state index is 0.683. The lowest BCUT2D eigenvalue weighted by Gasteiger charge is -2.42. The number of hydrogen-bond acceptors (Lipinski definition) is 6. The molecule has 0 radical (unpaired) electrons. The van der Waals surface area contributed by atoms with Crippen molar-refractivity contribution in [1.29, 1.82) is 0 Å². The van der Waals surface area contributed by atoms with Gasteiger partial charge in [-0.05, 0) is 32.7 Å². The Hall–Kier alpha value is -1.40. The first kappa shape index (κ1) is 16.5. The first-order valence-electron chi connectivity index (χ1n) is 8.71. The molecule has 0 spiro atoms. The fourth-order valence-corrected chi connectivity index (χ4v) is 3.69. The molecule has 3 heterocycles. The Bertz CT molecular complexity index is 478. The molecule has 1 atom stereocenters. The SMILES string of the molecule is COc1cnc(N2CCC(C(C)N3CCN(C)CC3)CC2)nc1. The molecule has 3 rings (SSSR count). The van der Waals surface area contributed by atoms with Crippen LogP contribution in [0.2, 0.25) is 0 Å². The predicted octanol–water partition coefficient (Wildman–Crippen LogP) is 1.34. The van der Waals surface area contributed by atoms with E-state index in [-0.39, 0.29) is 0 Å². The van der Waals surface area contributed by atoms with Crippen LogP contribution >= 0.6 is 0 Å². The van der Waals surface area contributed by atoms with Crippen molar-refractivity contribution in [3.63, 3.8) is 0 Å². The van der Waals surface area contributed by atoms with Gasteiger partial charge in [0.1, 0.15) is 0 Å². The van der Waals surface area contributed by atoms with E-state index in [9.17, 15) is 0 Å². The van der Waals surface area contributed by atoms with Gasteiger partial charge in [-0.1, -0.05) is 0 Å². The molecular weight excluding hydrogens is 290 g/mol. The standard InChI is InChI=1S/C17H29N5O/c1-14(21-10-8-20(2)9-11-21)15-4-6-22(7-5-15)17-18-12-16(23-3)13-19-17/h12-15H,4-11H2,1-3H3. The van der Waals surface area contributed by atoms with Crippen LogP contribution in [-0.4, -0.2) is 79.2 Å². The molecule has 6 heteroatoms. The summed E-state index contributed by atoms with van der Waals surface area (Å²) in [5, 5.41) is 0. The number of rotatable bonds is 4. The topological polar surface area (TPSA) is 44.7 Å². The number of ether oxygens (including phenoxy) is 1. The fourth-order valence-electron chi connectivity index (χ4n) is 3.69. The van der Waals surface area contributed by atoms with Crippen molar-refractivity contribution in [2.24, 2.45) is 5.92 Å². The Morgan fingerprint density at radius 1 is 1.04 bits per heavy atom. The summed E-state index contributed by atoms with van der Waals surface area (Å²) in [5.74, 6) is 2.33. The molecule has 23 heavy (non-hydrogen) atoms. The number of methoxy groups -OCH3 is 1. The largest absolute Gasteiger partial charge is 0.494 e. The van der Waals surface area contributed by atoms with Gasteiger partial charge in [-0.3, -0.25) is 4.90 Å². The lowest BCUT2D eigenvalue weighted by Crippen LogP contribution is -2.51. The van der Waals surface area contributed by atoms with Crippen LogP contribution in [0.3, 0.4) is 0 Å². The molecule has 2 aliphatic rings. The van der Waals surface area contributed by atoms with Crippen molar-refractivity contribution in [2.75, 3.05) is 58.3 Å². The molecule has 0 aliphatic carbocycles. The summed E-state index contributed by atoms with van der Waals surface area (Å²) in [6.45, 7) is 9.32. The fraction of sp³-hybridized carbons (Fsp3) is 0.765. The van der Waals surface area contributed by atoms with Gasteiger partial charge >= 0.3 is 0 Å². The molecule has 0 saturated carbocycles. The highest BCUT2D eigenvalue weighted by atomic mass is 16.5. The van der Waals surface area contributed by atoms with Crippen LogP contribution in [0.15, 0.2) is 12.4 Å². The quantitative estimate of drug-likeness (QED) is 0.834. The monoisotopic (exact) mass is 319 g/mol. The highest BCUT2D eigenvalue weighted by Gasteiger charge is 2.29. The molecule has 6 nitrogen and oxygen atoms in total. The van der Waals surface area contributed by atoms with E-state index in [1.165, 1.54) is 39.0 Å². The Morgan fingerprint density at radius 3 is 2.22 bits per heavy atom. The van der Waals surface area contributed by atoms with E-state index in [4.69, 9.17) is 4.74 Å². The minimum Gasteiger partial charge on any atom is -0.494 e. The molecule has 2 fully saturated rings. The maximum Gasteiger partial charge on any atom is 0.225 e. The highest BCUT2D eigenvalue weighted by molar-refractivity contribution is 5.32. The van der Waals surface area contributed by atoms with Gasteiger partial charge < -0.3 is 14.5 Å². The molecular formula is C17H29N5O. The Balaban J connectivity index is 1.51. The van der Waals surface area contributed by atoms with Crippen molar-refractivity contribution in [3.05, 3.63) is 12.4 Å². The van der Waals surface area contributed by atoms with Gasteiger partial charge in [0.2, 0.25) is 5.95 Å². The number of aromatic nitrogens is 2. The van der Waals surface area contributed by atoms with Gasteiger partial charge in [-0.15, -0.1) is 0 Å². The second-order valence-electron chi connectivity index (χ2n) is 6.83. The van der Waals surface area contributed by atoms with Crippen LogP contribution in [0.25, 0.3) is 0 Å². The third-order valence-corrected chi connectivity index (χ3v) is 5.47. The molecule has 128 valence electrons. The first-order chi connectivity index (χ1) is 11.2. The highest BCUT2D eigenvalue weighted by Crippen LogP contribution is 2.26. The third kappa shape index (κ3) is 3.93. The van der Waals surface area contributed by atoms with E-state index in [2.05, 4.69) is 38.6 Å². The van der Waals surface area contributed by atoms with Crippen LogP contribution < -0.4 is 9.64 Å². The second kappa shape index (κ2) is 7.45. The van der Waals surface area contributed by atoms with E-state index < -0.39 is 0 Å². The molecule has 0 N–H and O–H groups in total. The van der Waals surface area contributed by atoms with Crippen LogP contribution in [0.1, 0.15) is 19.8 Å². The average molecular weight is 319 g/mol. The Morgan fingerprint density at radius 2 is 1.65 bits per heavy atom. The molecule has 0 aromatic carbocycles. The van der Waals surface area contributed by atoms with Crippen LogP contribution in [0.4, 0.5) is 5.95 Å². The normalized spacial score (nSPS) is 23.0. The predicted molar refractivity (Wildman–Crippen MR) is 92.1 cm³/mol. The van der Waals surface area contributed by atoms with Gasteiger partial charge in [0.05, 0.1) is 19.5 Å². The number of likely N-dealkylation sites (N-methyl/N-ethyl adjacent to an activating group) is 1. The van der Waals surface area contributed by atoms with Crippen molar-refractivity contribution < 1.29 is 4.74 Å². The molecule has 1 aromatic heterocycles. The Kier molecular flexibility index (Phi) is 5.33. The van der Waals surface area contributed by atoms with E-state index in [1.807, 2.05) is 0 Å². The summed E-state index contributed by atoms with van der Waals surface area (Å²) in [7, 11) is 3.86. The number of piperidine rings is 1. The number of anilines is 1. The zero-order valence-corrected chi connectivity index (χ0v) is 14.6. The summed E-state index contributed by atoms with van der Waals surface area (Å²) in [6, 6.07) is 0.683. The smallest absolute Gasteiger partial charge is 0.225 e. The maximum atomic E-state index is 5.13. The second-order valence-corrected chi connectivity index (χ2v) is 6.83. The van der Waals surface area contributed by atoms with E-state index in [1.54, 1.807) is 19.5 Å². The number of hydrogen-bond donors (Lipinski definition) is 0. The average Bonchev–Trinajstić information content (AvgIpc) is 2.62.